The van der Waals surface area contributed by atoms with Gasteiger partial charge in [0.25, 0.3) is 5.91 Å². The van der Waals surface area contributed by atoms with E-state index in [4.69, 9.17) is 9.15 Å². The molecule has 1 aliphatic rings. The first-order chi connectivity index (χ1) is 10.6. The summed E-state index contributed by atoms with van der Waals surface area (Å²) in [6, 6.07) is 1.79. The molecular weight excluding hydrogens is 284 g/mol. The van der Waals surface area contributed by atoms with Crippen molar-refractivity contribution in [2.75, 3.05) is 13.7 Å². The van der Waals surface area contributed by atoms with Crippen LogP contribution in [0, 0.1) is 6.92 Å². The summed E-state index contributed by atoms with van der Waals surface area (Å²) in [4.78, 5) is 14.6. The lowest BCUT2D eigenvalue weighted by Crippen LogP contribution is -2.40. The first-order valence-corrected chi connectivity index (χ1v) is 7.36. The number of rotatable bonds is 3. The molecule has 2 aromatic rings. The van der Waals surface area contributed by atoms with E-state index in [9.17, 15) is 4.79 Å². The van der Waals surface area contributed by atoms with Crippen LogP contribution in [0.25, 0.3) is 0 Å². The lowest BCUT2D eigenvalue weighted by atomic mass is 10.1. The summed E-state index contributed by atoms with van der Waals surface area (Å²) in [5.41, 5.74) is 0.627. The Kier molecular flexibility index (Phi) is 3.98. The first-order valence-electron chi connectivity index (χ1n) is 7.36. The fraction of sp³-hybridized carbons (Fsp3) is 0.533. The molecule has 0 saturated heterocycles. The van der Waals surface area contributed by atoms with Gasteiger partial charge in [0.2, 0.25) is 0 Å². The van der Waals surface area contributed by atoms with Crippen molar-refractivity contribution in [1.82, 2.24) is 19.7 Å². The molecule has 7 heteroatoms. The maximum atomic E-state index is 12.7. The minimum absolute atomic E-state index is 0.00533. The number of aryl methyl sites for hydroxylation is 1. The Balaban J connectivity index is 1.83. The number of hydrogen-bond donors (Lipinski definition) is 0. The van der Waals surface area contributed by atoms with Crippen LogP contribution in [0.4, 0.5) is 0 Å². The second-order valence-corrected chi connectivity index (χ2v) is 5.56. The van der Waals surface area contributed by atoms with Crippen LogP contribution < -0.4 is 0 Å². The highest BCUT2D eigenvalue weighted by molar-refractivity contribution is 5.95. The highest BCUT2D eigenvalue weighted by Gasteiger charge is 2.29. The number of methoxy groups -OCH3 is 1. The highest BCUT2D eigenvalue weighted by Crippen LogP contribution is 2.19. The molecular formula is C15H20N4O3. The van der Waals surface area contributed by atoms with Gasteiger partial charge in [-0.25, -0.2) is 0 Å². The van der Waals surface area contributed by atoms with Crippen molar-refractivity contribution in [3.05, 3.63) is 35.3 Å². The molecule has 0 N–H and O–H groups in total. The molecule has 22 heavy (non-hydrogen) atoms. The SMILES string of the molecule is COCc1nnc2n1CCN(C(=O)c1ccoc1C)[C@H](C)C2. The quantitative estimate of drug-likeness (QED) is 0.857. The zero-order valence-electron chi connectivity index (χ0n) is 13.1. The lowest BCUT2D eigenvalue weighted by Gasteiger charge is -2.26. The summed E-state index contributed by atoms with van der Waals surface area (Å²) >= 11 is 0. The molecule has 1 atom stereocenters. The third-order valence-electron chi connectivity index (χ3n) is 4.10. The smallest absolute Gasteiger partial charge is 0.257 e. The number of hydrogen-bond acceptors (Lipinski definition) is 5. The van der Waals surface area contributed by atoms with Crippen molar-refractivity contribution in [1.29, 1.82) is 0 Å². The summed E-state index contributed by atoms with van der Waals surface area (Å²) < 4.78 is 12.5. The second kappa shape index (κ2) is 5.92. The average molecular weight is 304 g/mol. The summed E-state index contributed by atoms with van der Waals surface area (Å²) in [5.74, 6) is 2.36. The number of carbonyl (C=O) groups excluding carboxylic acids is 1. The fourth-order valence-electron chi connectivity index (χ4n) is 2.88. The van der Waals surface area contributed by atoms with Crippen LogP contribution in [0.15, 0.2) is 16.7 Å². The molecule has 1 amide bonds. The standard InChI is InChI=1S/C15H20N4O3/c1-10-8-13-16-17-14(9-21-3)19(13)6-5-18(10)15(20)12-4-7-22-11(12)2/h4,7,10H,5-6,8-9H2,1-3H3/t10-/m1/s1. The van der Waals surface area contributed by atoms with Gasteiger partial charge in [-0.1, -0.05) is 0 Å². The Labute approximate surface area is 128 Å². The van der Waals surface area contributed by atoms with Crippen LogP contribution in [-0.4, -0.2) is 45.3 Å². The van der Waals surface area contributed by atoms with Gasteiger partial charge >= 0.3 is 0 Å². The fourth-order valence-corrected chi connectivity index (χ4v) is 2.88. The average Bonchev–Trinajstić information content (AvgIpc) is 3.03. The van der Waals surface area contributed by atoms with E-state index in [2.05, 4.69) is 14.8 Å². The second-order valence-electron chi connectivity index (χ2n) is 5.56. The van der Waals surface area contributed by atoms with Crippen LogP contribution in [0.5, 0.6) is 0 Å². The van der Waals surface area contributed by atoms with Gasteiger partial charge in [0, 0.05) is 32.7 Å². The zero-order chi connectivity index (χ0) is 15.7. The highest BCUT2D eigenvalue weighted by atomic mass is 16.5. The lowest BCUT2D eigenvalue weighted by molar-refractivity contribution is 0.0693. The van der Waals surface area contributed by atoms with Crippen molar-refractivity contribution in [2.45, 2.75) is 39.5 Å². The van der Waals surface area contributed by atoms with Crippen LogP contribution in [0.3, 0.4) is 0 Å². The molecule has 0 aliphatic carbocycles. The Morgan fingerprint density at radius 2 is 2.27 bits per heavy atom. The van der Waals surface area contributed by atoms with E-state index >= 15 is 0 Å². The van der Waals surface area contributed by atoms with Crippen molar-refractivity contribution in [2.24, 2.45) is 0 Å². The van der Waals surface area contributed by atoms with E-state index in [0.717, 1.165) is 11.6 Å². The van der Waals surface area contributed by atoms with Gasteiger partial charge in [0.05, 0.1) is 11.8 Å². The van der Waals surface area contributed by atoms with E-state index < -0.39 is 0 Å². The Morgan fingerprint density at radius 3 is 2.95 bits per heavy atom. The summed E-state index contributed by atoms with van der Waals surface area (Å²) in [7, 11) is 1.64. The molecule has 3 rings (SSSR count). The number of fused-ring (bicyclic) bond motifs is 1. The molecule has 7 nitrogen and oxygen atoms in total. The Morgan fingerprint density at radius 1 is 1.45 bits per heavy atom. The Hall–Kier alpha value is -2.15. The van der Waals surface area contributed by atoms with Crippen LogP contribution in [0.1, 0.15) is 34.7 Å². The minimum atomic E-state index is 0.00533. The molecule has 2 aromatic heterocycles. The van der Waals surface area contributed by atoms with Crippen molar-refractivity contribution in [3.63, 3.8) is 0 Å². The molecule has 0 aromatic carbocycles. The van der Waals surface area contributed by atoms with Gasteiger partial charge < -0.3 is 18.6 Å². The first kappa shape index (κ1) is 14.8. The van der Waals surface area contributed by atoms with E-state index in [0.29, 0.717) is 37.4 Å². The predicted octanol–water partition coefficient (Wildman–Crippen LogP) is 1.41. The van der Waals surface area contributed by atoms with E-state index in [1.165, 1.54) is 0 Å². The number of aromatic nitrogens is 3. The minimum Gasteiger partial charge on any atom is -0.469 e. The van der Waals surface area contributed by atoms with Gasteiger partial charge in [-0.3, -0.25) is 4.79 Å². The van der Waals surface area contributed by atoms with Gasteiger partial charge in [0.1, 0.15) is 18.2 Å². The largest absolute Gasteiger partial charge is 0.469 e. The van der Waals surface area contributed by atoms with E-state index in [-0.39, 0.29) is 11.9 Å². The van der Waals surface area contributed by atoms with Crippen LogP contribution in [0.2, 0.25) is 0 Å². The monoisotopic (exact) mass is 304 g/mol. The van der Waals surface area contributed by atoms with Crippen LogP contribution in [-0.2, 0) is 24.3 Å². The molecule has 1 aliphatic heterocycles. The number of amides is 1. The number of nitrogens with zero attached hydrogens (tertiary/aromatic N) is 4. The summed E-state index contributed by atoms with van der Waals surface area (Å²) in [6.07, 6.45) is 2.23. The third kappa shape index (κ3) is 2.52. The van der Waals surface area contributed by atoms with Gasteiger partial charge in [-0.15, -0.1) is 10.2 Å². The van der Waals surface area contributed by atoms with Crippen molar-refractivity contribution >= 4 is 5.91 Å². The third-order valence-corrected chi connectivity index (χ3v) is 4.10. The van der Waals surface area contributed by atoms with Gasteiger partial charge in [-0.05, 0) is 19.9 Å². The molecule has 118 valence electrons. The molecule has 0 radical (unpaired) electrons. The molecule has 0 saturated carbocycles. The molecule has 0 spiro atoms. The topological polar surface area (TPSA) is 73.4 Å². The number of ether oxygens (including phenoxy) is 1. The maximum Gasteiger partial charge on any atom is 0.257 e. The number of furan rings is 1. The van der Waals surface area contributed by atoms with E-state index in [1.54, 1.807) is 26.4 Å². The normalized spacial score (nSPS) is 18.1. The van der Waals surface area contributed by atoms with Crippen molar-refractivity contribution in [3.8, 4) is 0 Å². The Bertz CT molecular complexity index is 676. The predicted molar refractivity (Wildman–Crippen MR) is 78.4 cm³/mol. The molecule has 3 heterocycles. The maximum absolute atomic E-state index is 12.7. The van der Waals surface area contributed by atoms with Crippen molar-refractivity contribution < 1.29 is 13.9 Å². The van der Waals surface area contributed by atoms with Crippen LogP contribution >= 0.6 is 0 Å². The number of carbonyl (C=O) groups is 1. The summed E-state index contributed by atoms with van der Waals surface area (Å²) in [5, 5.41) is 8.40. The van der Waals surface area contributed by atoms with Gasteiger partial charge in [-0.2, -0.15) is 0 Å². The molecule has 0 unspecified atom stereocenters. The van der Waals surface area contributed by atoms with Gasteiger partial charge in [0.15, 0.2) is 5.82 Å². The molecule has 0 fully saturated rings. The van der Waals surface area contributed by atoms with E-state index in [1.807, 2.05) is 11.8 Å². The molecule has 0 bridgehead atoms. The zero-order valence-corrected chi connectivity index (χ0v) is 13.1. The summed E-state index contributed by atoms with van der Waals surface area (Å²) in [6.45, 7) is 5.56.